The van der Waals surface area contributed by atoms with E-state index in [9.17, 15) is 9.59 Å². The standard InChI is InChI=1S/C18H27ClN2O2/c1-5-7-17(22)21(12-15-8-6-9-16(19)10-15)14(4)18(23)20-11-13(2)3/h6,8-10,13-14H,5,7,11-12H2,1-4H3,(H,20,23)/t14-/m1/s1. The first-order chi connectivity index (χ1) is 10.8. The Labute approximate surface area is 144 Å². The van der Waals surface area contributed by atoms with Gasteiger partial charge in [-0.1, -0.05) is 44.5 Å². The summed E-state index contributed by atoms with van der Waals surface area (Å²) in [5, 5.41) is 3.52. The van der Waals surface area contributed by atoms with Gasteiger partial charge in [-0.25, -0.2) is 0 Å². The summed E-state index contributed by atoms with van der Waals surface area (Å²) in [5.74, 6) is 0.240. The summed E-state index contributed by atoms with van der Waals surface area (Å²) in [4.78, 5) is 26.4. The molecule has 0 aliphatic carbocycles. The van der Waals surface area contributed by atoms with Gasteiger partial charge >= 0.3 is 0 Å². The van der Waals surface area contributed by atoms with Gasteiger partial charge in [0.2, 0.25) is 11.8 Å². The highest BCUT2D eigenvalue weighted by Crippen LogP contribution is 2.15. The van der Waals surface area contributed by atoms with E-state index in [4.69, 9.17) is 11.6 Å². The molecule has 1 rings (SSSR count). The van der Waals surface area contributed by atoms with Crippen LogP contribution in [0.3, 0.4) is 0 Å². The van der Waals surface area contributed by atoms with Crippen LogP contribution in [0.25, 0.3) is 0 Å². The van der Waals surface area contributed by atoms with E-state index in [0.29, 0.717) is 30.5 Å². The SMILES string of the molecule is CCCC(=O)N(Cc1cccc(Cl)c1)[C@H](C)C(=O)NCC(C)C. The van der Waals surface area contributed by atoms with Crippen molar-refractivity contribution in [3.63, 3.8) is 0 Å². The summed E-state index contributed by atoms with van der Waals surface area (Å²) in [5.41, 5.74) is 0.922. The number of carbonyl (C=O) groups is 2. The summed E-state index contributed by atoms with van der Waals surface area (Å²) in [7, 11) is 0. The van der Waals surface area contributed by atoms with Crippen LogP contribution in [-0.2, 0) is 16.1 Å². The van der Waals surface area contributed by atoms with Crippen molar-refractivity contribution in [3.05, 3.63) is 34.9 Å². The molecule has 23 heavy (non-hydrogen) atoms. The van der Waals surface area contributed by atoms with E-state index < -0.39 is 6.04 Å². The van der Waals surface area contributed by atoms with E-state index in [-0.39, 0.29) is 11.8 Å². The number of rotatable bonds is 8. The van der Waals surface area contributed by atoms with Crippen LogP contribution in [-0.4, -0.2) is 29.3 Å². The van der Waals surface area contributed by atoms with Crippen LogP contribution in [0.4, 0.5) is 0 Å². The minimum Gasteiger partial charge on any atom is -0.354 e. The molecule has 1 N–H and O–H groups in total. The quantitative estimate of drug-likeness (QED) is 0.786. The largest absolute Gasteiger partial charge is 0.354 e. The highest BCUT2D eigenvalue weighted by Gasteiger charge is 2.25. The topological polar surface area (TPSA) is 49.4 Å². The van der Waals surface area contributed by atoms with Crippen molar-refractivity contribution in [2.45, 2.75) is 53.1 Å². The van der Waals surface area contributed by atoms with Crippen LogP contribution in [0.1, 0.15) is 46.1 Å². The van der Waals surface area contributed by atoms with E-state index in [1.54, 1.807) is 17.9 Å². The number of carbonyl (C=O) groups excluding carboxylic acids is 2. The second-order valence-electron chi connectivity index (χ2n) is 6.22. The van der Waals surface area contributed by atoms with Gasteiger partial charge in [-0.3, -0.25) is 9.59 Å². The minimum atomic E-state index is -0.508. The van der Waals surface area contributed by atoms with Crippen molar-refractivity contribution in [2.75, 3.05) is 6.54 Å². The van der Waals surface area contributed by atoms with E-state index in [1.165, 1.54) is 0 Å². The molecule has 4 nitrogen and oxygen atoms in total. The number of halogens is 1. The molecule has 0 spiro atoms. The summed E-state index contributed by atoms with van der Waals surface area (Å²) in [6.45, 7) is 8.80. The van der Waals surface area contributed by atoms with Crippen molar-refractivity contribution in [3.8, 4) is 0 Å². The van der Waals surface area contributed by atoms with Gasteiger partial charge in [0, 0.05) is 24.5 Å². The zero-order valence-electron chi connectivity index (χ0n) is 14.4. The summed E-state index contributed by atoms with van der Waals surface area (Å²) >= 11 is 6.01. The molecule has 0 unspecified atom stereocenters. The second kappa shape index (κ2) is 9.56. The number of nitrogens with one attached hydrogen (secondary N) is 1. The lowest BCUT2D eigenvalue weighted by Crippen LogP contribution is -2.48. The molecule has 1 aromatic rings. The van der Waals surface area contributed by atoms with Gasteiger partial charge in [0.05, 0.1) is 0 Å². The molecule has 1 atom stereocenters. The molecule has 0 aromatic heterocycles. The third-order valence-corrected chi connectivity index (χ3v) is 3.79. The Bertz CT molecular complexity index is 532. The molecule has 2 amide bonds. The predicted molar refractivity (Wildman–Crippen MR) is 94.2 cm³/mol. The smallest absolute Gasteiger partial charge is 0.242 e. The molecule has 128 valence electrons. The van der Waals surface area contributed by atoms with Crippen LogP contribution in [0.5, 0.6) is 0 Å². The maximum atomic E-state index is 12.4. The Morgan fingerprint density at radius 1 is 1.26 bits per heavy atom. The fourth-order valence-corrected chi connectivity index (χ4v) is 2.44. The summed E-state index contributed by atoms with van der Waals surface area (Å²) in [6, 6.07) is 6.88. The minimum absolute atomic E-state index is 0.0142. The molecule has 0 saturated carbocycles. The van der Waals surface area contributed by atoms with Gasteiger partial charge in [0.25, 0.3) is 0 Å². The molecule has 0 heterocycles. The predicted octanol–water partition coefficient (Wildman–Crippen LogP) is 3.63. The van der Waals surface area contributed by atoms with E-state index in [1.807, 2.05) is 39.0 Å². The Morgan fingerprint density at radius 2 is 1.96 bits per heavy atom. The average molecular weight is 339 g/mol. The van der Waals surface area contributed by atoms with Crippen molar-refractivity contribution in [2.24, 2.45) is 5.92 Å². The Morgan fingerprint density at radius 3 is 2.52 bits per heavy atom. The Hall–Kier alpha value is -1.55. The monoisotopic (exact) mass is 338 g/mol. The van der Waals surface area contributed by atoms with E-state index >= 15 is 0 Å². The fourth-order valence-electron chi connectivity index (χ4n) is 2.22. The summed E-state index contributed by atoms with van der Waals surface area (Å²) < 4.78 is 0. The van der Waals surface area contributed by atoms with Gasteiger partial charge < -0.3 is 10.2 Å². The first-order valence-corrected chi connectivity index (χ1v) is 8.54. The highest BCUT2D eigenvalue weighted by molar-refractivity contribution is 6.30. The summed E-state index contributed by atoms with van der Waals surface area (Å²) in [6.07, 6.45) is 1.19. The Kier molecular flexibility index (Phi) is 8.10. The van der Waals surface area contributed by atoms with Gasteiger partial charge in [0.15, 0.2) is 0 Å². The number of nitrogens with zero attached hydrogens (tertiary/aromatic N) is 1. The molecule has 0 radical (unpaired) electrons. The Balaban J connectivity index is 2.86. The highest BCUT2D eigenvalue weighted by atomic mass is 35.5. The maximum absolute atomic E-state index is 12.4. The van der Waals surface area contributed by atoms with Crippen LogP contribution in [0.2, 0.25) is 5.02 Å². The molecule has 0 fully saturated rings. The van der Waals surface area contributed by atoms with Crippen molar-refractivity contribution < 1.29 is 9.59 Å². The van der Waals surface area contributed by atoms with Gasteiger partial charge in [0.1, 0.15) is 6.04 Å². The molecular weight excluding hydrogens is 312 g/mol. The number of benzene rings is 1. The van der Waals surface area contributed by atoms with Gasteiger partial charge in [-0.15, -0.1) is 0 Å². The maximum Gasteiger partial charge on any atom is 0.242 e. The molecule has 0 bridgehead atoms. The molecular formula is C18H27ClN2O2. The lowest BCUT2D eigenvalue weighted by atomic mass is 10.1. The molecule has 0 aliphatic heterocycles. The van der Waals surface area contributed by atoms with Gasteiger partial charge in [-0.2, -0.15) is 0 Å². The zero-order chi connectivity index (χ0) is 17.4. The van der Waals surface area contributed by atoms with Crippen LogP contribution in [0.15, 0.2) is 24.3 Å². The normalized spacial score (nSPS) is 12.1. The van der Waals surface area contributed by atoms with Crippen molar-refractivity contribution >= 4 is 23.4 Å². The average Bonchev–Trinajstić information content (AvgIpc) is 2.49. The lowest BCUT2D eigenvalue weighted by molar-refractivity contribution is -0.140. The number of hydrogen-bond acceptors (Lipinski definition) is 2. The van der Waals surface area contributed by atoms with Crippen LogP contribution >= 0.6 is 11.6 Å². The fraction of sp³-hybridized carbons (Fsp3) is 0.556. The van der Waals surface area contributed by atoms with E-state index in [2.05, 4.69) is 5.32 Å². The molecule has 1 aromatic carbocycles. The van der Waals surface area contributed by atoms with Crippen molar-refractivity contribution in [1.29, 1.82) is 0 Å². The van der Waals surface area contributed by atoms with Crippen molar-refractivity contribution in [1.82, 2.24) is 10.2 Å². The van der Waals surface area contributed by atoms with Crippen LogP contribution in [0, 0.1) is 5.92 Å². The number of hydrogen-bond donors (Lipinski definition) is 1. The second-order valence-corrected chi connectivity index (χ2v) is 6.65. The van der Waals surface area contributed by atoms with E-state index in [0.717, 1.165) is 12.0 Å². The third kappa shape index (κ3) is 6.61. The zero-order valence-corrected chi connectivity index (χ0v) is 15.2. The first-order valence-electron chi connectivity index (χ1n) is 8.16. The van der Waals surface area contributed by atoms with Crippen LogP contribution < -0.4 is 5.32 Å². The third-order valence-electron chi connectivity index (χ3n) is 3.56. The number of amides is 2. The molecule has 5 heteroatoms. The molecule has 0 saturated heterocycles. The molecule has 0 aliphatic rings. The first kappa shape index (κ1) is 19.5. The van der Waals surface area contributed by atoms with Gasteiger partial charge in [-0.05, 0) is 37.0 Å². The lowest BCUT2D eigenvalue weighted by Gasteiger charge is -2.29.